The highest BCUT2D eigenvalue weighted by atomic mass is 32.1. The summed E-state index contributed by atoms with van der Waals surface area (Å²) < 4.78 is 15.8. The topological polar surface area (TPSA) is 81.4 Å². The minimum absolute atomic E-state index is 0.0550. The van der Waals surface area contributed by atoms with E-state index in [-0.39, 0.29) is 6.61 Å². The Morgan fingerprint density at radius 3 is 2.70 bits per heavy atom. The SMILES string of the molecule is COc1ccc(-c2nc(COC(=O)c3cccc(C#N)c3)cs2)cc1OC. The zero-order valence-electron chi connectivity index (χ0n) is 14.8. The maximum absolute atomic E-state index is 12.1. The van der Waals surface area contributed by atoms with Gasteiger partial charge in [-0.15, -0.1) is 11.3 Å². The van der Waals surface area contributed by atoms with Crippen molar-refractivity contribution in [3.63, 3.8) is 0 Å². The molecule has 0 aliphatic carbocycles. The average Bonchev–Trinajstić information content (AvgIpc) is 3.20. The second kappa shape index (κ2) is 8.34. The van der Waals surface area contributed by atoms with E-state index >= 15 is 0 Å². The maximum Gasteiger partial charge on any atom is 0.338 e. The molecule has 3 aromatic rings. The van der Waals surface area contributed by atoms with Crippen molar-refractivity contribution in [3.8, 4) is 28.1 Å². The molecule has 1 heterocycles. The molecule has 0 aliphatic heterocycles. The van der Waals surface area contributed by atoms with Gasteiger partial charge in [0, 0.05) is 10.9 Å². The number of hydrogen-bond acceptors (Lipinski definition) is 7. The van der Waals surface area contributed by atoms with Crippen LogP contribution in [0.5, 0.6) is 11.5 Å². The van der Waals surface area contributed by atoms with E-state index in [0.29, 0.717) is 28.3 Å². The van der Waals surface area contributed by atoms with E-state index in [1.54, 1.807) is 32.4 Å². The summed E-state index contributed by atoms with van der Waals surface area (Å²) in [5.74, 6) is 0.773. The summed E-state index contributed by atoms with van der Waals surface area (Å²) in [5, 5.41) is 11.5. The van der Waals surface area contributed by atoms with Gasteiger partial charge in [-0.2, -0.15) is 5.26 Å². The van der Waals surface area contributed by atoms with Crippen LogP contribution in [-0.2, 0) is 11.3 Å². The van der Waals surface area contributed by atoms with Gasteiger partial charge < -0.3 is 14.2 Å². The molecule has 0 fully saturated rings. The van der Waals surface area contributed by atoms with E-state index in [0.717, 1.165) is 10.6 Å². The summed E-state index contributed by atoms with van der Waals surface area (Å²) in [4.78, 5) is 16.6. The lowest BCUT2D eigenvalue weighted by Crippen LogP contribution is -2.05. The van der Waals surface area contributed by atoms with Gasteiger partial charge >= 0.3 is 5.97 Å². The summed E-state index contributed by atoms with van der Waals surface area (Å²) in [6.07, 6.45) is 0. The van der Waals surface area contributed by atoms with Crippen LogP contribution < -0.4 is 9.47 Å². The molecule has 2 aromatic carbocycles. The van der Waals surface area contributed by atoms with Crippen LogP contribution in [0.25, 0.3) is 10.6 Å². The van der Waals surface area contributed by atoms with Crippen molar-refractivity contribution in [3.05, 3.63) is 64.7 Å². The Bertz CT molecular complexity index is 1010. The minimum Gasteiger partial charge on any atom is -0.493 e. The van der Waals surface area contributed by atoms with Crippen molar-refractivity contribution in [2.45, 2.75) is 6.61 Å². The van der Waals surface area contributed by atoms with Gasteiger partial charge in [0.25, 0.3) is 0 Å². The standard InChI is InChI=1S/C20H16N2O4S/c1-24-17-7-6-14(9-18(17)25-2)19-22-16(12-27-19)11-26-20(23)15-5-3-4-13(8-15)10-21/h3-9,12H,11H2,1-2H3. The van der Waals surface area contributed by atoms with E-state index in [1.807, 2.05) is 29.6 Å². The number of carbonyl (C=O) groups is 1. The first kappa shape index (κ1) is 18.4. The first-order valence-electron chi connectivity index (χ1n) is 7.98. The second-order valence-corrected chi connectivity index (χ2v) is 6.34. The number of rotatable bonds is 6. The quantitative estimate of drug-likeness (QED) is 0.600. The molecule has 1 aromatic heterocycles. The van der Waals surface area contributed by atoms with Crippen LogP contribution in [0.3, 0.4) is 0 Å². The first-order chi connectivity index (χ1) is 13.1. The molecule has 0 radical (unpaired) electrons. The number of nitriles is 1. The van der Waals surface area contributed by atoms with E-state index in [1.165, 1.54) is 17.4 Å². The van der Waals surface area contributed by atoms with Gasteiger partial charge in [-0.1, -0.05) is 6.07 Å². The van der Waals surface area contributed by atoms with Crippen molar-refractivity contribution in [2.75, 3.05) is 14.2 Å². The summed E-state index contributed by atoms with van der Waals surface area (Å²) >= 11 is 1.45. The number of nitrogens with zero attached hydrogens (tertiary/aromatic N) is 2. The highest BCUT2D eigenvalue weighted by Gasteiger charge is 2.12. The normalized spacial score (nSPS) is 10.1. The van der Waals surface area contributed by atoms with Crippen molar-refractivity contribution >= 4 is 17.3 Å². The zero-order chi connectivity index (χ0) is 19.2. The Hall–Kier alpha value is -3.37. The molecule has 0 bridgehead atoms. The number of carbonyl (C=O) groups excluding carboxylic acids is 1. The molecule has 0 N–H and O–H groups in total. The molecule has 27 heavy (non-hydrogen) atoms. The van der Waals surface area contributed by atoms with Crippen LogP contribution in [-0.4, -0.2) is 25.2 Å². The van der Waals surface area contributed by atoms with Crippen LogP contribution in [0.1, 0.15) is 21.6 Å². The predicted octanol–water partition coefficient (Wildman–Crippen LogP) is 4.06. The van der Waals surface area contributed by atoms with Crippen molar-refractivity contribution < 1.29 is 19.0 Å². The van der Waals surface area contributed by atoms with Crippen molar-refractivity contribution in [1.29, 1.82) is 5.26 Å². The van der Waals surface area contributed by atoms with Gasteiger partial charge in [-0.25, -0.2) is 9.78 Å². The average molecular weight is 380 g/mol. The highest BCUT2D eigenvalue weighted by molar-refractivity contribution is 7.13. The number of methoxy groups -OCH3 is 2. The Balaban J connectivity index is 1.69. The van der Waals surface area contributed by atoms with E-state index in [9.17, 15) is 4.79 Å². The number of esters is 1. The summed E-state index contributed by atoms with van der Waals surface area (Å²) in [6.45, 7) is 0.0550. The number of benzene rings is 2. The molecule has 0 atom stereocenters. The van der Waals surface area contributed by atoms with Gasteiger partial charge in [0.2, 0.25) is 0 Å². The lowest BCUT2D eigenvalue weighted by atomic mass is 10.1. The number of ether oxygens (including phenoxy) is 3. The third-order valence-corrected chi connectivity index (χ3v) is 4.70. The van der Waals surface area contributed by atoms with Gasteiger partial charge in [-0.3, -0.25) is 0 Å². The van der Waals surface area contributed by atoms with E-state index in [4.69, 9.17) is 19.5 Å². The smallest absolute Gasteiger partial charge is 0.338 e. The number of hydrogen-bond donors (Lipinski definition) is 0. The van der Waals surface area contributed by atoms with Crippen LogP contribution in [0.15, 0.2) is 47.8 Å². The fraction of sp³-hybridized carbons (Fsp3) is 0.150. The zero-order valence-corrected chi connectivity index (χ0v) is 15.6. The maximum atomic E-state index is 12.1. The van der Waals surface area contributed by atoms with Crippen LogP contribution >= 0.6 is 11.3 Å². The lowest BCUT2D eigenvalue weighted by molar-refractivity contribution is 0.0468. The monoisotopic (exact) mass is 380 g/mol. The predicted molar refractivity (Wildman–Crippen MR) is 101 cm³/mol. The minimum atomic E-state index is -0.493. The molecule has 0 amide bonds. The lowest BCUT2D eigenvalue weighted by Gasteiger charge is -2.08. The molecule has 136 valence electrons. The fourth-order valence-corrected chi connectivity index (χ4v) is 3.22. The van der Waals surface area contributed by atoms with Crippen molar-refractivity contribution in [1.82, 2.24) is 4.98 Å². The Morgan fingerprint density at radius 1 is 1.15 bits per heavy atom. The third-order valence-electron chi connectivity index (χ3n) is 3.76. The molecule has 0 saturated heterocycles. The molecule has 0 aliphatic rings. The van der Waals surface area contributed by atoms with Crippen LogP contribution in [0, 0.1) is 11.3 Å². The molecular weight excluding hydrogens is 364 g/mol. The molecule has 0 unspecified atom stereocenters. The number of thiazole rings is 1. The summed E-state index contributed by atoms with van der Waals surface area (Å²) in [6, 6.07) is 13.9. The Morgan fingerprint density at radius 2 is 1.96 bits per heavy atom. The molecule has 0 saturated carbocycles. The van der Waals surface area contributed by atoms with Gasteiger partial charge in [-0.05, 0) is 36.4 Å². The largest absolute Gasteiger partial charge is 0.493 e. The molecular formula is C20H16N2O4S. The van der Waals surface area contributed by atoms with Gasteiger partial charge in [0.15, 0.2) is 11.5 Å². The number of aromatic nitrogens is 1. The van der Waals surface area contributed by atoms with Crippen LogP contribution in [0.4, 0.5) is 0 Å². The van der Waals surface area contributed by atoms with Crippen LogP contribution in [0.2, 0.25) is 0 Å². The second-order valence-electron chi connectivity index (χ2n) is 5.48. The van der Waals surface area contributed by atoms with E-state index in [2.05, 4.69) is 4.98 Å². The van der Waals surface area contributed by atoms with Gasteiger partial charge in [0.05, 0.1) is 37.1 Å². The summed E-state index contributed by atoms with van der Waals surface area (Å²) in [7, 11) is 3.16. The molecule has 6 nitrogen and oxygen atoms in total. The molecule has 7 heteroatoms. The Kier molecular flexibility index (Phi) is 5.69. The third kappa shape index (κ3) is 4.25. The van der Waals surface area contributed by atoms with E-state index < -0.39 is 5.97 Å². The first-order valence-corrected chi connectivity index (χ1v) is 8.86. The highest BCUT2D eigenvalue weighted by Crippen LogP contribution is 2.33. The molecule has 0 spiro atoms. The Labute approximate surface area is 160 Å². The summed E-state index contributed by atoms with van der Waals surface area (Å²) in [5.41, 5.74) is 2.28. The fourth-order valence-electron chi connectivity index (χ4n) is 2.41. The molecule has 3 rings (SSSR count). The van der Waals surface area contributed by atoms with Crippen molar-refractivity contribution in [2.24, 2.45) is 0 Å². The van der Waals surface area contributed by atoms with Gasteiger partial charge in [0.1, 0.15) is 11.6 Å².